The lowest BCUT2D eigenvalue weighted by Crippen LogP contribution is -2.09. The van der Waals surface area contributed by atoms with Gasteiger partial charge in [-0.1, -0.05) is 0 Å². The fourth-order valence-corrected chi connectivity index (χ4v) is 1.09. The third-order valence-corrected chi connectivity index (χ3v) is 1.65. The Hall–Kier alpha value is -0.550. The molecule has 1 saturated carbocycles. The third-order valence-electron chi connectivity index (χ3n) is 1.65. The van der Waals surface area contributed by atoms with Crippen LogP contribution in [0.15, 0.2) is 0 Å². The Bertz CT molecular complexity index is 116. The molecule has 0 amide bonds. The van der Waals surface area contributed by atoms with Crippen molar-refractivity contribution in [1.29, 1.82) is 5.26 Å². The number of aliphatic hydroxyl groups is 1. The van der Waals surface area contributed by atoms with Gasteiger partial charge in [-0.25, -0.2) is 0 Å². The first kappa shape index (κ1) is 5.58. The van der Waals surface area contributed by atoms with Crippen molar-refractivity contribution < 1.29 is 5.11 Å². The molecule has 2 atom stereocenters. The van der Waals surface area contributed by atoms with Gasteiger partial charge in [0, 0.05) is 0 Å². The molecule has 2 heteroatoms. The van der Waals surface area contributed by atoms with Crippen LogP contribution in [0, 0.1) is 17.2 Å². The zero-order valence-electron chi connectivity index (χ0n) is 4.67. The number of rotatable bonds is 0. The molecule has 44 valence electrons. The molecular formula is C6H9NO. The van der Waals surface area contributed by atoms with Crippen molar-refractivity contribution in [1.82, 2.24) is 0 Å². The van der Waals surface area contributed by atoms with Gasteiger partial charge in [-0.15, -0.1) is 0 Å². The molecule has 1 aliphatic rings. The summed E-state index contributed by atoms with van der Waals surface area (Å²) < 4.78 is 0. The van der Waals surface area contributed by atoms with Gasteiger partial charge in [-0.05, 0) is 19.3 Å². The van der Waals surface area contributed by atoms with E-state index in [1.165, 1.54) is 0 Å². The average Bonchev–Trinajstić information content (AvgIpc) is 2.14. The summed E-state index contributed by atoms with van der Waals surface area (Å²) in [5.74, 6) is -0.0741. The zero-order valence-corrected chi connectivity index (χ0v) is 4.67. The molecule has 0 unspecified atom stereocenters. The number of nitrogens with zero attached hydrogens (tertiary/aromatic N) is 1. The Morgan fingerprint density at radius 2 is 2.25 bits per heavy atom. The summed E-state index contributed by atoms with van der Waals surface area (Å²) in [5, 5.41) is 17.3. The van der Waals surface area contributed by atoms with Gasteiger partial charge in [0.05, 0.1) is 18.1 Å². The Balaban J connectivity index is 2.45. The van der Waals surface area contributed by atoms with Crippen LogP contribution in [0.1, 0.15) is 19.3 Å². The molecule has 0 aromatic carbocycles. The van der Waals surface area contributed by atoms with Gasteiger partial charge in [-0.2, -0.15) is 5.26 Å². The number of nitriles is 1. The second-order valence-electron chi connectivity index (χ2n) is 2.23. The second kappa shape index (κ2) is 2.15. The average molecular weight is 111 g/mol. The number of hydrogen-bond acceptors (Lipinski definition) is 2. The Morgan fingerprint density at radius 3 is 2.50 bits per heavy atom. The van der Waals surface area contributed by atoms with Crippen LogP contribution < -0.4 is 0 Å². The summed E-state index contributed by atoms with van der Waals surface area (Å²) in [5.41, 5.74) is 0. The lowest BCUT2D eigenvalue weighted by atomic mass is 10.1. The summed E-state index contributed by atoms with van der Waals surface area (Å²) in [6.07, 6.45) is 2.38. The highest BCUT2D eigenvalue weighted by atomic mass is 16.3. The first-order valence-electron chi connectivity index (χ1n) is 2.92. The zero-order chi connectivity index (χ0) is 5.98. The highest BCUT2D eigenvalue weighted by molar-refractivity contribution is 4.92. The minimum atomic E-state index is -0.333. The van der Waals surface area contributed by atoms with Crippen molar-refractivity contribution in [3.8, 4) is 6.07 Å². The topological polar surface area (TPSA) is 44.0 Å². The molecule has 1 fully saturated rings. The smallest absolute Gasteiger partial charge is 0.0722 e. The van der Waals surface area contributed by atoms with Crippen molar-refractivity contribution in [3.63, 3.8) is 0 Å². The minimum absolute atomic E-state index is 0.0741. The van der Waals surface area contributed by atoms with Crippen molar-refractivity contribution in [3.05, 3.63) is 0 Å². The molecule has 0 spiro atoms. The predicted molar refractivity (Wildman–Crippen MR) is 29.0 cm³/mol. The van der Waals surface area contributed by atoms with E-state index in [-0.39, 0.29) is 12.0 Å². The molecule has 1 rings (SSSR count). The van der Waals surface area contributed by atoms with Crippen LogP contribution >= 0.6 is 0 Å². The van der Waals surface area contributed by atoms with E-state index in [4.69, 9.17) is 10.4 Å². The second-order valence-corrected chi connectivity index (χ2v) is 2.23. The third kappa shape index (κ3) is 0.823. The van der Waals surface area contributed by atoms with E-state index < -0.39 is 0 Å². The molecule has 1 aliphatic carbocycles. The minimum Gasteiger partial charge on any atom is -0.392 e. The Kier molecular flexibility index (Phi) is 1.50. The number of aliphatic hydroxyl groups excluding tert-OH is 1. The van der Waals surface area contributed by atoms with Crippen LogP contribution in [-0.4, -0.2) is 11.2 Å². The fourth-order valence-electron chi connectivity index (χ4n) is 1.09. The first-order valence-corrected chi connectivity index (χ1v) is 2.92. The van der Waals surface area contributed by atoms with Crippen LogP contribution in [-0.2, 0) is 0 Å². The maximum absolute atomic E-state index is 8.97. The van der Waals surface area contributed by atoms with Gasteiger partial charge < -0.3 is 5.11 Å². The van der Waals surface area contributed by atoms with Crippen LogP contribution in [0.3, 0.4) is 0 Å². The molecule has 0 aromatic rings. The van der Waals surface area contributed by atoms with Gasteiger partial charge in [0.1, 0.15) is 0 Å². The van der Waals surface area contributed by atoms with Crippen molar-refractivity contribution in [2.24, 2.45) is 5.92 Å². The Morgan fingerprint density at radius 1 is 1.50 bits per heavy atom. The van der Waals surface area contributed by atoms with E-state index >= 15 is 0 Å². The molecule has 0 heterocycles. The largest absolute Gasteiger partial charge is 0.392 e. The normalized spacial score (nSPS) is 37.0. The molecule has 0 aromatic heterocycles. The molecule has 0 saturated heterocycles. The fraction of sp³-hybridized carbons (Fsp3) is 0.833. The van der Waals surface area contributed by atoms with E-state index in [1.807, 2.05) is 0 Å². The Labute approximate surface area is 48.7 Å². The summed E-state index contributed by atoms with van der Waals surface area (Å²) in [4.78, 5) is 0. The maximum Gasteiger partial charge on any atom is 0.0722 e. The predicted octanol–water partition coefficient (Wildman–Crippen LogP) is 0.671. The van der Waals surface area contributed by atoms with Gasteiger partial charge >= 0.3 is 0 Å². The molecule has 0 bridgehead atoms. The first-order chi connectivity index (χ1) is 3.84. The van der Waals surface area contributed by atoms with Gasteiger partial charge in [0.2, 0.25) is 0 Å². The monoisotopic (exact) mass is 111 g/mol. The highest BCUT2D eigenvalue weighted by Gasteiger charge is 2.24. The van der Waals surface area contributed by atoms with Gasteiger partial charge in [-0.3, -0.25) is 0 Å². The van der Waals surface area contributed by atoms with E-state index in [9.17, 15) is 0 Å². The van der Waals surface area contributed by atoms with Gasteiger partial charge in [0.15, 0.2) is 0 Å². The van der Waals surface area contributed by atoms with E-state index in [1.54, 1.807) is 0 Å². The standard InChI is InChI=1S/C6H9NO/c7-4-5-2-1-3-6(5)8/h5-6,8H,1-3H2/t5-,6+/m0/s1. The SMILES string of the molecule is N#C[C@@H]1CCC[C@H]1O. The summed E-state index contributed by atoms with van der Waals surface area (Å²) in [6.45, 7) is 0. The number of hydrogen-bond donors (Lipinski definition) is 1. The summed E-state index contributed by atoms with van der Waals surface area (Å²) in [6, 6.07) is 2.06. The summed E-state index contributed by atoms with van der Waals surface area (Å²) in [7, 11) is 0. The molecule has 0 aliphatic heterocycles. The van der Waals surface area contributed by atoms with E-state index in [0.717, 1.165) is 19.3 Å². The highest BCUT2D eigenvalue weighted by Crippen LogP contribution is 2.23. The van der Waals surface area contributed by atoms with Crippen molar-refractivity contribution >= 4 is 0 Å². The lowest BCUT2D eigenvalue weighted by Gasteiger charge is -2.01. The van der Waals surface area contributed by atoms with Crippen LogP contribution in [0.25, 0.3) is 0 Å². The lowest BCUT2D eigenvalue weighted by molar-refractivity contribution is 0.156. The van der Waals surface area contributed by atoms with E-state index in [2.05, 4.69) is 6.07 Å². The molecule has 0 radical (unpaired) electrons. The summed E-state index contributed by atoms with van der Waals surface area (Å²) >= 11 is 0. The molecule has 8 heavy (non-hydrogen) atoms. The molecule has 1 N–H and O–H groups in total. The van der Waals surface area contributed by atoms with Crippen molar-refractivity contribution in [2.45, 2.75) is 25.4 Å². The van der Waals surface area contributed by atoms with Crippen LogP contribution in [0.5, 0.6) is 0 Å². The van der Waals surface area contributed by atoms with E-state index in [0.29, 0.717) is 0 Å². The molecule has 2 nitrogen and oxygen atoms in total. The quantitative estimate of drug-likeness (QED) is 0.499. The molecular weight excluding hydrogens is 102 g/mol. The van der Waals surface area contributed by atoms with Crippen LogP contribution in [0.4, 0.5) is 0 Å². The van der Waals surface area contributed by atoms with Gasteiger partial charge in [0.25, 0.3) is 0 Å². The van der Waals surface area contributed by atoms with Crippen LogP contribution in [0.2, 0.25) is 0 Å². The maximum atomic E-state index is 8.97. The van der Waals surface area contributed by atoms with Crippen molar-refractivity contribution in [2.75, 3.05) is 0 Å².